The molecule has 0 spiro atoms. The van der Waals surface area contributed by atoms with E-state index in [9.17, 15) is 4.79 Å². The molecule has 0 saturated carbocycles. The highest BCUT2D eigenvalue weighted by molar-refractivity contribution is 5.97. The van der Waals surface area contributed by atoms with Gasteiger partial charge in [-0.25, -0.2) is 0 Å². The molecule has 1 fully saturated rings. The van der Waals surface area contributed by atoms with Crippen molar-refractivity contribution in [3.8, 4) is 11.5 Å². The van der Waals surface area contributed by atoms with Crippen LogP contribution in [-0.2, 0) is 0 Å². The van der Waals surface area contributed by atoms with E-state index in [4.69, 9.17) is 9.47 Å². The molecule has 1 aromatic carbocycles. The minimum atomic E-state index is -0.106. The number of carbonyl (C=O) groups excluding carboxylic acids is 1. The maximum atomic E-state index is 12.4. The Morgan fingerprint density at radius 1 is 1.35 bits per heavy atom. The number of piperidine rings is 1. The number of methoxy groups -OCH3 is 2. The van der Waals surface area contributed by atoms with Crippen LogP contribution < -0.4 is 20.1 Å². The fourth-order valence-corrected chi connectivity index (χ4v) is 2.42. The Balaban J connectivity index is 2.12. The molecule has 1 heterocycles. The van der Waals surface area contributed by atoms with Crippen molar-refractivity contribution in [3.05, 3.63) is 23.8 Å². The van der Waals surface area contributed by atoms with E-state index in [1.807, 2.05) is 0 Å². The fourth-order valence-electron chi connectivity index (χ4n) is 2.42. The van der Waals surface area contributed by atoms with Crippen LogP contribution in [0.5, 0.6) is 11.5 Å². The molecule has 20 heavy (non-hydrogen) atoms. The summed E-state index contributed by atoms with van der Waals surface area (Å²) in [6.45, 7) is 3.99. The molecule has 1 aliphatic heterocycles. The van der Waals surface area contributed by atoms with Crippen LogP contribution in [0.3, 0.4) is 0 Å². The van der Waals surface area contributed by atoms with Gasteiger partial charge in [0.05, 0.1) is 19.8 Å². The van der Waals surface area contributed by atoms with Gasteiger partial charge in [-0.2, -0.15) is 0 Å². The van der Waals surface area contributed by atoms with E-state index in [2.05, 4.69) is 17.6 Å². The molecule has 2 rings (SSSR count). The molecule has 1 amide bonds. The van der Waals surface area contributed by atoms with Crippen molar-refractivity contribution in [2.75, 3.05) is 27.3 Å². The van der Waals surface area contributed by atoms with Crippen molar-refractivity contribution in [2.45, 2.75) is 19.4 Å². The number of carbonyl (C=O) groups is 1. The molecule has 0 aliphatic carbocycles. The van der Waals surface area contributed by atoms with Crippen LogP contribution >= 0.6 is 0 Å². The highest BCUT2D eigenvalue weighted by Crippen LogP contribution is 2.25. The van der Waals surface area contributed by atoms with E-state index < -0.39 is 0 Å². The maximum Gasteiger partial charge on any atom is 0.255 e. The summed E-state index contributed by atoms with van der Waals surface area (Å²) in [5.74, 6) is 1.57. The van der Waals surface area contributed by atoms with E-state index in [0.29, 0.717) is 23.0 Å². The number of rotatable bonds is 4. The molecule has 0 aromatic heterocycles. The molecule has 5 heteroatoms. The third-order valence-electron chi connectivity index (χ3n) is 3.80. The summed E-state index contributed by atoms with van der Waals surface area (Å²) >= 11 is 0. The van der Waals surface area contributed by atoms with Crippen LogP contribution in [0.4, 0.5) is 0 Å². The minimum absolute atomic E-state index is 0.106. The third-order valence-corrected chi connectivity index (χ3v) is 3.80. The summed E-state index contributed by atoms with van der Waals surface area (Å²) in [5, 5.41) is 6.38. The molecular weight excluding hydrogens is 256 g/mol. The molecular formula is C15H22N2O3. The largest absolute Gasteiger partial charge is 0.497 e. The summed E-state index contributed by atoms with van der Waals surface area (Å²) in [4.78, 5) is 12.4. The van der Waals surface area contributed by atoms with Gasteiger partial charge >= 0.3 is 0 Å². The summed E-state index contributed by atoms with van der Waals surface area (Å²) in [5.41, 5.74) is 0.533. The lowest BCUT2D eigenvalue weighted by Gasteiger charge is -2.30. The van der Waals surface area contributed by atoms with Crippen molar-refractivity contribution >= 4 is 5.91 Å². The van der Waals surface area contributed by atoms with Gasteiger partial charge in [-0.1, -0.05) is 6.92 Å². The predicted molar refractivity (Wildman–Crippen MR) is 77.5 cm³/mol. The Hall–Kier alpha value is -1.75. The Morgan fingerprint density at radius 3 is 2.80 bits per heavy atom. The Morgan fingerprint density at radius 2 is 2.15 bits per heavy atom. The Labute approximate surface area is 119 Å². The van der Waals surface area contributed by atoms with E-state index in [1.165, 1.54) is 0 Å². The van der Waals surface area contributed by atoms with Gasteiger partial charge in [-0.05, 0) is 31.0 Å². The van der Waals surface area contributed by atoms with Crippen LogP contribution in [0.25, 0.3) is 0 Å². The molecule has 2 N–H and O–H groups in total. The van der Waals surface area contributed by atoms with Crippen LogP contribution in [0.15, 0.2) is 18.2 Å². The van der Waals surface area contributed by atoms with Crippen molar-refractivity contribution < 1.29 is 14.3 Å². The van der Waals surface area contributed by atoms with Crippen molar-refractivity contribution in [2.24, 2.45) is 5.92 Å². The monoisotopic (exact) mass is 278 g/mol. The van der Waals surface area contributed by atoms with Gasteiger partial charge in [0, 0.05) is 18.7 Å². The number of hydrogen-bond acceptors (Lipinski definition) is 4. The predicted octanol–water partition coefficient (Wildman–Crippen LogP) is 1.43. The SMILES string of the molecule is COc1ccc(C(=O)NC2CNCCC2C)c(OC)c1. The number of ether oxygens (including phenoxy) is 2. The molecule has 5 nitrogen and oxygen atoms in total. The number of benzene rings is 1. The zero-order valence-corrected chi connectivity index (χ0v) is 12.2. The van der Waals surface area contributed by atoms with Crippen LogP contribution in [0.2, 0.25) is 0 Å². The van der Waals surface area contributed by atoms with Crippen molar-refractivity contribution in [1.29, 1.82) is 0 Å². The zero-order chi connectivity index (χ0) is 14.5. The lowest BCUT2D eigenvalue weighted by molar-refractivity contribution is 0.0912. The van der Waals surface area contributed by atoms with E-state index >= 15 is 0 Å². The molecule has 110 valence electrons. The minimum Gasteiger partial charge on any atom is -0.497 e. The first-order valence-corrected chi connectivity index (χ1v) is 6.89. The fraction of sp³-hybridized carbons (Fsp3) is 0.533. The van der Waals surface area contributed by atoms with E-state index in [-0.39, 0.29) is 11.9 Å². The molecule has 2 atom stereocenters. The number of amides is 1. The molecule has 2 unspecified atom stereocenters. The van der Waals surface area contributed by atoms with Gasteiger partial charge in [0.15, 0.2) is 0 Å². The summed E-state index contributed by atoms with van der Waals surface area (Å²) < 4.78 is 10.4. The smallest absolute Gasteiger partial charge is 0.255 e. The first-order chi connectivity index (χ1) is 9.65. The highest BCUT2D eigenvalue weighted by Gasteiger charge is 2.24. The lowest BCUT2D eigenvalue weighted by atomic mass is 9.94. The first-order valence-electron chi connectivity index (χ1n) is 6.89. The molecule has 0 radical (unpaired) electrons. The van der Waals surface area contributed by atoms with Gasteiger partial charge in [0.25, 0.3) is 5.91 Å². The Kier molecular flexibility index (Phi) is 4.84. The average molecular weight is 278 g/mol. The number of hydrogen-bond donors (Lipinski definition) is 2. The lowest BCUT2D eigenvalue weighted by Crippen LogP contribution is -2.50. The van der Waals surface area contributed by atoms with Gasteiger partial charge < -0.3 is 20.1 Å². The van der Waals surface area contributed by atoms with Gasteiger partial charge in [0.1, 0.15) is 11.5 Å². The quantitative estimate of drug-likeness (QED) is 0.875. The normalized spacial score (nSPS) is 22.1. The summed E-state index contributed by atoms with van der Waals surface area (Å²) in [6, 6.07) is 5.37. The zero-order valence-electron chi connectivity index (χ0n) is 12.2. The second-order valence-corrected chi connectivity index (χ2v) is 5.12. The first kappa shape index (κ1) is 14.7. The summed E-state index contributed by atoms with van der Waals surface area (Å²) in [6.07, 6.45) is 1.07. The topological polar surface area (TPSA) is 59.6 Å². The molecule has 1 aliphatic rings. The average Bonchev–Trinajstić information content (AvgIpc) is 2.48. The third kappa shape index (κ3) is 3.22. The van der Waals surface area contributed by atoms with Gasteiger partial charge in [-0.15, -0.1) is 0 Å². The second kappa shape index (κ2) is 6.61. The van der Waals surface area contributed by atoms with Gasteiger partial charge in [-0.3, -0.25) is 4.79 Å². The molecule has 1 saturated heterocycles. The maximum absolute atomic E-state index is 12.4. The van der Waals surface area contributed by atoms with Crippen LogP contribution in [0.1, 0.15) is 23.7 Å². The summed E-state index contributed by atoms with van der Waals surface area (Å²) in [7, 11) is 3.14. The van der Waals surface area contributed by atoms with Crippen LogP contribution in [0, 0.1) is 5.92 Å². The van der Waals surface area contributed by atoms with Crippen molar-refractivity contribution in [1.82, 2.24) is 10.6 Å². The van der Waals surface area contributed by atoms with E-state index in [1.54, 1.807) is 32.4 Å². The van der Waals surface area contributed by atoms with Crippen molar-refractivity contribution in [3.63, 3.8) is 0 Å². The standard InChI is InChI=1S/C15H22N2O3/c1-10-6-7-16-9-13(10)17-15(18)12-5-4-11(19-2)8-14(12)20-3/h4-5,8,10,13,16H,6-7,9H2,1-3H3,(H,17,18). The van der Waals surface area contributed by atoms with E-state index in [0.717, 1.165) is 19.5 Å². The highest BCUT2D eigenvalue weighted by atomic mass is 16.5. The molecule has 0 bridgehead atoms. The van der Waals surface area contributed by atoms with Gasteiger partial charge in [0.2, 0.25) is 0 Å². The number of nitrogens with one attached hydrogen (secondary N) is 2. The second-order valence-electron chi connectivity index (χ2n) is 5.12. The Bertz CT molecular complexity index is 476. The van der Waals surface area contributed by atoms with Crippen LogP contribution in [-0.4, -0.2) is 39.3 Å². The molecule has 1 aromatic rings.